The number of imidazole rings is 1. The van der Waals surface area contributed by atoms with E-state index in [9.17, 15) is 9.59 Å². The van der Waals surface area contributed by atoms with Crippen LogP contribution in [0.4, 0.5) is 0 Å². The molecule has 0 amide bonds. The van der Waals surface area contributed by atoms with Gasteiger partial charge < -0.3 is 4.57 Å². The molecule has 6 nitrogen and oxygen atoms in total. The quantitative estimate of drug-likeness (QED) is 0.719. The van der Waals surface area contributed by atoms with Crippen molar-refractivity contribution in [3.8, 4) is 0 Å². The van der Waals surface area contributed by atoms with Gasteiger partial charge in [0.1, 0.15) is 0 Å². The van der Waals surface area contributed by atoms with Gasteiger partial charge in [-0.25, -0.2) is 4.79 Å². The molecule has 2 heterocycles. The topological polar surface area (TPSA) is 72.7 Å². The minimum absolute atomic E-state index is 0.165. The predicted molar refractivity (Wildman–Crippen MR) is 76.1 cm³/mol. The van der Waals surface area contributed by atoms with E-state index in [0.717, 1.165) is 5.56 Å². The van der Waals surface area contributed by atoms with E-state index in [1.807, 2.05) is 30.3 Å². The highest BCUT2D eigenvalue weighted by Gasteiger charge is 2.15. The van der Waals surface area contributed by atoms with Crippen molar-refractivity contribution in [2.24, 2.45) is 7.05 Å². The number of benzene rings is 1. The van der Waals surface area contributed by atoms with Crippen molar-refractivity contribution in [3.63, 3.8) is 0 Å². The van der Waals surface area contributed by atoms with Gasteiger partial charge in [-0.05, 0) is 17.2 Å². The Morgan fingerprint density at radius 1 is 1.25 bits per heavy atom. The maximum atomic E-state index is 12.0. The second kappa shape index (κ2) is 4.64. The van der Waals surface area contributed by atoms with Crippen molar-refractivity contribution in [2.75, 3.05) is 0 Å². The smallest absolute Gasteiger partial charge is 0.312 e. The molecule has 0 atom stereocenters. The number of aromatic amines is 1. The number of H-pyrrole nitrogens is 1. The predicted octanol–water partition coefficient (Wildman–Crippen LogP) is 1.12. The van der Waals surface area contributed by atoms with Gasteiger partial charge in [0.2, 0.25) is 5.28 Å². The summed E-state index contributed by atoms with van der Waals surface area (Å²) in [6.45, 7) is 0.320. The monoisotopic (exact) mass is 290 g/mol. The zero-order chi connectivity index (χ0) is 14.3. The number of nitrogens with zero attached hydrogens (tertiary/aromatic N) is 3. The van der Waals surface area contributed by atoms with Crippen molar-refractivity contribution in [2.45, 2.75) is 6.54 Å². The van der Waals surface area contributed by atoms with Gasteiger partial charge in [0.15, 0.2) is 11.2 Å². The molecule has 0 spiro atoms. The summed E-state index contributed by atoms with van der Waals surface area (Å²) in [5, 5.41) is 0.165. The number of hydrogen-bond donors (Lipinski definition) is 1. The third kappa shape index (κ3) is 1.94. The van der Waals surface area contributed by atoms with Gasteiger partial charge >= 0.3 is 5.69 Å². The lowest BCUT2D eigenvalue weighted by Crippen LogP contribution is -2.31. The summed E-state index contributed by atoms with van der Waals surface area (Å²) < 4.78 is 2.86. The molecule has 7 heteroatoms. The number of rotatable bonds is 2. The Morgan fingerprint density at radius 3 is 2.65 bits per heavy atom. The van der Waals surface area contributed by atoms with E-state index in [0.29, 0.717) is 6.54 Å². The van der Waals surface area contributed by atoms with Gasteiger partial charge in [-0.2, -0.15) is 4.98 Å². The maximum absolute atomic E-state index is 12.0. The van der Waals surface area contributed by atoms with Crippen LogP contribution in [0.25, 0.3) is 11.2 Å². The molecule has 0 aliphatic carbocycles. The Balaban J connectivity index is 2.28. The number of nitrogens with one attached hydrogen (secondary N) is 1. The summed E-state index contributed by atoms with van der Waals surface area (Å²) in [6.07, 6.45) is 0. The average Bonchev–Trinajstić information content (AvgIpc) is 2.72. The van der Waals surface area contributed by atoms with Crippen LogP contribution in [-0.2, 0) is 13.6 Å². The Labute approximate surface area is 118 Å². The van der Waals surface area contributed by atoms with E-state index in [1.165, 1.54) is 9.13 Å². The fraction of sp³-hybridized carbons (Fsp3) is 0.154. The summed E-state index contributed by atoms with van der Waals surface area (Å²) in [5.74, 6) is 0. The number of fused-ring (bicyclic) bond motifs is 1. The van der Waals surface area contributed by atoms with E-state index in [2.05, 4.69) is 9.97 Å². The van der Waals surface area contributed by atoms with Crippen LogP contribution in [0.2, 0.25) is 5.28 Å². The van der Waals surface area contributed by atoms with Gasteiger partial charge in [0.25, 0.3) is 5.56 Å². The molecule has 0 bridgehead atoms. The minimum atomic E-state index is -0.499. The molecule has 102 valence electrons. The number of halogens is 1. The van der Waals surface area contributed by atoms with Gasteiger partial charge in [0.05, 0.1) is 6.54 Å². The molecule has 1 N–H and O–H groups in total. The highest BCUT2D eigenvalue weighted by atomic mass is 35.5. The van der Waals surface area contributed by atoms with Crippen LogP contribution in [0, 0.1) is 0 Å². The summed E-state index contributed by atoms with van der Waals surface area (Å²) in [4.78, 5) is 30.2. The molecule has 0 saturated heterocycles. The summed E-state index contributed by atoms with van der Waals surface area (Å²) in [7, 11) is 1.63. The Bertz CT molecular complexity index is 892. The number of aromatic nitrogens is 4. The molecule has 0 aliphatic rings. The molecule has 3 rings (SSSR count). The standard InChI is InChI=1S/C13H11ClN4O2/c1-17-9-10(15-12(17)14)18(13(20)16-11(9)19)7-8-5-3-2-4-6-8/h2-6H,7H2,1H3,(H,16,19,20). The molecule has 20 heavy (non-hydrogen) atoms. The molecule has 0 fully saturated rings. The van der Waals surface area contributed by atoms with Crippen molar-refractivity contribution in [1.82, 2.24) is 19.1 Å². The van der Waals surface area contributed by atoms with Crippen molar-refractivity contribution >= 4 is 22.8 Å². The lowest BCUT2D eigenvalue weighted by atomic mass is 10.2. The second-order valence-electron chi connectivity index (χ2n) is 4.44. The highest BCUT2D eigenvalue weighted by Crippen LogP contribution is 2.14. The second-order valence-corrected chi connectivity index (χ2v) is 4.78. The fourth-order valence-corrected chi connectivity index (χ4v) is 2.30. The normalized spacial score (nSPS) is 11.1. The van der Waals surface area contributed by atoms with Gasteiger partial charge in [0, 0.05) is 7.05 Å². The van der Waals surface area contributed by atoms with Crippen LogP contribution in [-0.4, -0.2) is 19.1 Å². The Kier molecular flexibility index (Phi) is 2.94. The summed E-state index contributed by atoms with van der Waals surface area (Å²) in [6, 6.07) is 9.46. The highest BCUT2D eigenvalue weighted by molar-refractivity contribution is 6.29. The van der Waals surface area contributed by atoms with Crippen LogP contribution in [0.5, 0.6) is 0 Å². The first kappa shape index (κ1) is 12.7. The van der Waals surface area contributed by atoms with Crippen LogP contribution in [0.1, 0.15) is 5.56 Å². The van der Waals surface area contributed by atoms with E-state index < -0.39 is 11.2 Å². The third-order valence-corrected chi connectivity index (χ3v) is 3.48. The molecule has 0 unspecified atom stereocenters. The first-order valence-electron chi connectivity index (χ1n) is 5.97. The zero-order valence-electron chi connectivity index (χ0n) is 10.6. The summed E-state index contributed by atoms with van der Waals surface area (Å²) >= 11 is 5.94. The lowest BCUT2D eigenvalue weighted by molar-refractivity contribution is 0.747. The molecule has 1 aromatic carbocycles. The first-order chi connectivity index (χ1) is 9.58. The summed E-state index contributed by atoms with van der Waals surface area (Å²) in [5.41, 5.74) is 0.516. The molecule has 2 aromatic heterocycles. The average molecular weight is 291 g/mol. The third-order valence-electron chi connectivity index (χ3n) is 3.14. The Hall–Kier alpha value is -2.34. The van der Waals surface area contributed by atoms with Gasteiger partial charge in [-0.1, -0.05) is 30.3 Å². The van der Waals surface area contributed by atoms with Gasteiger partial charge in [-0.3, -0.25) is 14.3 Å². The van der Waals surface area contributed by atoms with Crippen LogP contribution in [0.3, 0.4) is 0 Å². The number of hydrogen-bond acceptors (Lipinski definition) is 3. The molecule has 0 radical (unpaired) electrons. The van der Waals surface area contributed by atoms with E-state index in [-0.39, 0.29) is 16.4 Å². The van der Waals surface area contributed by atoms with E-state index >= 15 is 0 Å². The minimum Gasteiger partial charge on any atom is -0.312 e. The van der Waals surface area contributed by atoms with Crippen molar-refractivity contribution in [1.29, 1.82) is 0 Å². The molecule has 0 saturated carbocycles. The molecular weight excluding hydrogens is 280 g/mol. The number of aryl methyl sites for hydroxylation is 1. The van der Waals surface area contributed by atoms with Gasteiger partial charge in [-0.15, -0.1) is 0 Å². The maximum Gasteiger partial charge on any atom is 0.330 e. The van der Waals surface area contributed by atoms with E-state index in [4.69, 9.17) is 11.6 Å². The zero-order valence-corrected chi connectivity index (χ0v) is 11.4. The molecular formula is C13H11ClN4O2. The van der Waals surface area contributed by atoms with Crippen LogP contribution in [0.15, 0.2) is 39.9 Å². The van der Waals surface area contributed by atoms with Crippen molar-refractivity contribution in [3.05, 3.63) is 62.0 Å². The van der Waals surface area contributed by atoms with Crippen molar-refractivity contribution < 1.29 is 0 Å². The lowest BCUT2D eigenvalue weighted by Gasteiger charge is -2.06. The van der Waals surface area contributed by atoms with Crippen LogP contribution >= 0.6 is 11.6 Å². The molecule has 0 aliphatic heterocycles. The SMILES string of the molecule is Cn1c(Cl)nc2c1c(=O)[nH]c(=O)n2Cc1ccccc1. The largest absolute Gasteiger partial charge is 0.330 e. The Morgan fingerprint density at radius 2 is 1.95 bits per heavy atom. The molecule has 3 aromatic rings. The first-order valence-corrected chi connectivity index (χ1v) is 6.34. The van der Waals surface area contributed by atoms with Crippen LogP contribution < -0.4 is 11.2 Å². The fourth-order valence-electron chi connectivity index (χ4n) is 2.13. The van der Waals surface area contributed by atoms with E-state index in [1.54, 1.807) is 7.05 Å².